The second-order valence-electron chi connectivity index (χ2n) is 3.77. The number of carbonyl (C=O) groups excluding carboxylic acids is 1. The first-order chi connectivity index (χ1) is 7.86. The Morgan fingerprint density at radius 3 is 2.44 bits per heavy atom. The lowest BCUT2D eigenvalue weighted by molar-refractivity contribution is 0.103. The summed E-state index contributed by atoms with van der Waals surface area (Å²) in [4.78, 5) is 13.4. The van der Waals surface area contributed by atoms with Crippen molar-refractivity contribution >= 4 is 17.5 Å². The molecule has 1 heterocycles. The van der Waals surface area contributed by atoms with Crippen LogP contribution in [0.25, 0.3) is 0 Å². The molecular formula is C14H10OS. The van der Waals surface area contributed by atoms with E-state index >= 15 is 0 Å². The number of thioether (sulfide) groups is 1. The number of hydrogen-bond donors (Lipinski definition) is 0. The molecule has 78 valence electrons. The summed E-state index contributed by atoms with van der Waals surface area (Å²) in [6, 6.07) is 15.7. The van der Waals surface area contributed by atoms with Crippen molar-refractivity contribution in [2.75, 3.05) is 0 Å². The van der Waals surface area contributed by atoms with Gasteiger partial charge in [-0.2, -0.15) is 0 Å². The monoisotopic (exact) mass is 226 g/mol. The zero-order valence-corrected chi connectivity index (χ0v) is 9.46. The van der Waals surface area contributed by atoms with Crippen molar-refractivity contribution in [3.05, 3.63) is 65.2 Å². The van der Waals surface area contributed by atoms with E-state index in [0.29, 0.717) is 0 Å². The van der Waals surface area contributed by atoms with Crippen LogP contribution in [0.15, 0.2) is 53.4 Å². The van der Waals surface area contributed by atoms with Crippen molar-refractivity contribution in [1.82, 2.24) is 0 Å². The molecule has 0 spiro atoms. The Labute approximate surface area is 98.5 Å². The smallest absolute Gasteiger partial charge is 0.194 e. The molecule has 0 fully saturated rings. The first-order valence-electron chi connectivity index (χ1n) is 5.21. The Morgan fingerprint density at radius 2 is 1.56 bits per heavy atom. The Hall–Kier alpha value is -1.54. The summed E-state index contributed by atoms with van der Waals surface area (Å²) < 4.78 is 0. The molecule has 0 bridgehead atoms. The molecule has 16 heavy (non-hydrogen) atoms. The SMILES string of the molecule is O=C1c2ccccc2CSc2ccccc21. The third-order valence-corrected chi connectivity index (χ3v) is 3.90. The van der Waals surface area contributed by atoms with Gasteiger partial charge in [0.15, 0.2) is 5.78 Å². The summed E-state index contributed by atoms with van der Waals surface area (Å²) in [6.45, 7) is 0. The van der Waals surface area contributed by atoms with Gasteiger partial charge in [0.1, 0.15) is 0 Å². The highest BCUT2D eigenvalue weighted by Gasteiger charge is 2.20. The van der Waals surface area contributed by atoms with E-state index in [0.717, 1.165) is 27.3 Å². The Kier molecular flexibility index (Phi) is 2.29. The van der Waals surface area contributed by atoms with Gasteiger partial charge in [-0.3, -0.25) is 4.79 Å². The predicted octanol–water partition coefficient (Wildman–Crippen LogP) is 3.52. The van der Waals surface area contributed by atoms with Crippen molar-refractivity contribution in [2.24, 2.45) is 0 Å². The van der Waals surface area contributed by atoms with E-state index < -0.39 is 0 Å². The van der Waals surface area contributed by atoms with E-state index in [1.165, 1.54) is 0 Å². The molecule has 1 nitrogen and oxygen atoms in total. The molecule has 0 aliphatic carbocycles. The average molecular weight is 226 g/mol. The molecule has 0 unspecified atom stereocenters. The van der Waals surface area contributed by atoms with Gasteiger partial charge in [-0.05, 0) is 17.7 Å². The van der Waals surface area contributed by atoms with Gasteiger partial charge < -0.3 is 0 Å². The van der Waals surface area contributed by atoms with Gasteiger partial charge in [0.05, 0.1) is 0 Å². The number of ketones is 1. The summed E-state index contributed by atoms with van der Waals surface area (Å²) in [6.07, 6.45) is 0. The lowest BCUT2D eigenvalue weighted by Gasteiger charge is -2.03. The van der Waals surface area contributed by atoms with Crippen LogP contribution in [0.2, 0.25) is 0 Å². The van der Waals surface area contributed by atoms with Crippen LogP contribution in [-0.4, -0.2) is 5.78 Å². The van der Waals surface area contributed by atoms with Crippen molar-refractivity contribution in [1.29, 1.82) is 0 Å². The normalized spacial score (nSPS) is 13.9. The molecule has 0 aromatic heterocycles. The lowest BCUT2D eigenvalue weighted by Crippen LogP contribution is -2.03. The van der Waals surface area contributed by atoms with E-state index in [-0.39, 0.29) is 5.78 Å². The van der Waals surface area contributed by atoms with Crippen molar-refractivity contribution in [3.8, 4) is 0 Å². The maximum Gasteiger partial charge on any atom is 0.194 e. The maximum atomic E-state index is 12.3. The van der Waals surface area contributed by atoms with Crippen molar-refractivity contribution in [3.63, 3.8) is 0 Å². The van der Waals surface area contributed by atoms with Crippen LogP contribution < -0.4 is 0 Å². The molecular weight excluding hydrogens is 216 g/mol. The zero-order chi connectivity index (χ0) is 11.0. The molecule has 2 aromatic carbocycles. The molecule has 2 heteroatoms. The maximum absolute atomic E-state index is 12.3. The number of fused-ring (bicyclic) bond motifs is 2. The quantitative estimate of drug-likeness (QED) is 0.683. The van der Waals surface area contributed by atoms with Crippen LogP contribution in [0, 0.1) is 0 Å². The molecule has 1 aliphatic heterocycles. The highest BCUT2D eigenvalue weighted by molar-refractivity contribution is 7.98. The minimum Gasteiger partial charge on any atom is -0.289 e. The van der Waals surface area contributed by atoms with E-state index in [4.69, 9.17) is 0 Å². The topological polar surface area (TPSA) is 17.1 Å². The first-order valence-corrected chi connectivity index (χ1v) is 6.19. The summed E-state index contributed by atoms with van der Waals surface area (Å²) in [7, 11) is 0. The van der Waals surface area contributed by atoms with Crippen molar-refractivity contribution in [2.45, 2.75) is 10.6 Å². The Balaban J connectivity index is 2.22. The van der Waals surface area contributed by atoms with Crippen LogP contribution in [0.1, 0.15) is 21.5 Å². The van der Waals surface area contributed by atoms with Crippen LogP contribution in [0.4, 0.5) is 0 Å². The van der Waals surface area contributed by atoms with E-state index in [1.54, 1.807) is 11.8 Å². The largest absolute Gasteiger partial charge is 0.289 e. The van der Waals surface area contributed by atoms with Crippen LogP contribution in [0.3, 0.4) is 0 Å². The predicted molar refractivity (Wildman–Crippen MR) is 65.9 cm³/mol. The molecule has 0 amide bonds. The second kappa shape index (κ2) is 3.80. The van der Waals surface area contributed by atoms with Gasteiger partial charge in [-0.1, -0.05) is 36.4 Å². The van der Waals surface area contributed by atoms with Gasteiger partial charge in [-0.25, -0.2) is 0 Å². The summed E-state index contributed by atoms with van der Waals surface area (Å²) in [5.74, 6) is 1.02. The zero-order valence-electron chi connectivity index (χ0n) is 8.64. The molecule has 0 N–H and O–H groups in total. The third-order valence-electron chi connectivity index (χ3n) is 2.78. The number of hydrogen-bond acceptors (Lipinski definition) is 2. The standard InChI is InChI=1S/C14H10OS/c15-14-11-6-2-1-5-10(11)9-16-13-8-4-3-7-12(13)14/h1-8H,9H2. The molecule has 0 radical (unpaired) electrons. The van der Waals surface area contributed by atoms with Crippen molar-refractivity contribution < 1.29 is 4.79 Å². The van der Waals surface area contributed by atoms with Crippen LogP contribution >= 0.6 is 11.8 Å². The van der Waals surface area contributed by atoms with E-state index in [9.17, 15) is 4.79 Å². The number of benzene rings is 2. The molecule has 0 atom stereocenters. The highest BCUT2D eigenvalue weighted by Crippen LogP contribution is 2.33. The minimum absolute atomic E-state index is 0.149. The molecule has 1 aliphatic rings. The highest BCUT2D eigenvalue weighted by atomic mass is 32.2. The fraction of sp³-hybridized carbons (Fsp3) is 0.0714. The number of rotatable bonds is 0. The Bertz CT molecular complexity index is 511. The summed E-state index contributed by atoms with van der Waals surface area (Å²) >= 11 is 1.74. The van der Waals surface area contributed by atoms with Gasteiger partial charge >= 0.3 is 0 Å². The van der Waals surface area contributed by atoms with Gasteiger partial charge in [0, 0.05) is 21.8 Å². The fourth-order valence-electron chi connectivity index (χ4n) is 1.95. The van der Waals surface area contributed by atoms with Crippen LogP contribution in [0.5, 0.6) is 0 Å². The number of carbonyl (C=O) groups is 1. The third kappa shape index (κ3) is 1.46. The Morgan fingerprint density at radius 1 is 0.875 bits per heavy atom. The van der Waals surface area contributed by atoms with Crippen LogP contribution in [-0.2, 0) is 5.75 Å². The van der Waals surface area contributed by atoms with E-state index in [2.05, 4.69) is 0 Å². The second-order valence-corrected chi connectivity index (χ2v) is 4.79. The first kappa shape index (κ1) is 9.67. The van der Waals surface area contributed by atoms with E-state index in [1.807, 2.05) is 48.5 Å². The average Bonchev–Trinajstić information content (AvgIpc) is 2.49. The fourth-order valence-corrected chi connectivity index (χ4v) is 3.00. The minimum atomic E-state index is 0.149. The van der Waals surface area contributed by atoms with Gasteiger partial charge in [0.2, 0.25) is 0 Å². The summed E-state index contributed by atoms with van der Waals surface area (Å²) in [5, 5.41) is 0. The van der Waals surface area contributed by atoms with Gasteiger partial charge in [-0.15, -0.1) is 11.8 Å². The molecule has 2 aromatic rings. The summed E-state index contributed by atoms with van der Waals surface area (Å²) in [5.41, 5.74) is 2.81. The molecule has 0 saturated heterocycles. The van der Waals surface area contributed by atoms with Gasteiger partial charge in [0.25, 0.3) is 0 Å². The molecule has 3 rings (SSSR count). The molecule has 0 saturated carbocycles. The lowest BCUT2D eigenvalue weighted by atomic mass is 9.99.